The normalized spacial score (nSPS) is 16.0. The van der Waals surface area contributed by atoms with Gasteiger partial charge >= 0.3 is 0 Å². The third-order valence-electron chi connectivity index (χ3n) is 3.08. The number of carbonyl (C=O) groups is 1. The first kappa shape index (κ1) is 15.7. The summed E-state index contributed by atoms with van der Waals surface area (Å²) < 4.78 is 4.96. The molecule has 0 bridgehead atoms. The summed E-state index contributed by atoms with van der Waals surface area (Å²) in [5, 5.41) is 13.5. The predicted octanol–water partition coefficient (Wildman–Crippen LogP) is 0.900. The molecule has 0 aliphatic carbocycles. The van der Waals surface area contributed by atoms with E-state index in [0.29, 0.717) is 17.9 Å². The van der Waals surface area contributed by atoms with E-state index in [-0.39, 0.29) is 11.7 Å². The number of amides is 1. The highest BCUT2D eigenvalue weighted by molar-refractivity contribution is 7.99. The molecular weight excluding hydrogens is 290 g/mol. The van der Waals surface area contributed by atoms with Gasteiger partial charge in [0.1, 0.15) is 0 Å². The Labute approximate surface area is 128 Å². The van der Waals surface area contributed by atoms with Gasteiger partial charge in [0.25, 0.3) is 5.91 Å². The van der Waals surface area contributed by atoms with Gasteiger partial charge in [-0.05, 0) is 23.8 Å². The molecule has 1 aliphatic heterocycles. The van der Waals surface area contributed by atoms with Crippen LogP contribution >= 0.6 is 11.8 Å². The molecule has 6 nitrogen and oxygen atoms in total. The second-order valence-corrected chi connectivity index (χ2v) is 5.84. The maximum atomic E-state index is 11.7. The van der Waals surface area contributed by atoms with E-state index in [9.17, 15) is 9.90 Å². The maximum Gasteiger partial charge on any atom is 0.254 e. The molecule has 2 N–H and O–H groups in total. The number of benzene rings is 1. The summed E-state index contributed by atoms with van der Waals surface area (Å²) in [4.78, 5) is 13.8. The van der Waals surface area contributed by atoms with Crippen molar-refractivity contribution in [3.63, 3.8) is 0 Å². The van der Waals surface area contributed by atoms with Gasteiger partial charge in [0, 0.05) is 24.6 Å². The number of phenolic OH excluding ortho intramolecular Hbond substituents is 1. The quantitative estimate of drug-likeness (QED) is 0.624. The first-order valence-electron chi connectivity index (χ1n) is 6.68. The van der Waals surface area contributed by atoms with E-state index in [1.165, 1.54) is 19.4 Å². The highest BCUT2D eigenvalue weighted by atomic mass is 32.2. The molecule has 21 heavy (non-hydrogen) atoms. The van der Waals surface area contributed by atoms with Gasteiger partial charge in [-0.2, -0.15) is 16.9 Å². The summed E-state index contributed by atoms with van der Waals surface area (Å²) in [6.07, 6.45) is 1.49. The monoisotopic (exact) mass is 309 g/mol. The van der Waals surface area contributed by atoms with Gasteiger partial charge in [-0.25, -0.2) is 5.43 Å². The molecule has 0 spiro atoms. The Bertz CT molecular complexity index is 516. The van der Waals surface area contributed by atoms with Gasteiger partial charge in [-0.1, -0.05) is 0 Å². The maximum absolute atomic E-state index is 11.7. The number of carbonyl (C=O) groups excluding carboxylic acids is 1. The molecule has 2 rings (SSSR count). The van der Waals surface area contributed by atoms with Crippen LogP contribution in [0.2, 0.25) is 0 Å². The minimum atomic E-state index is -0.129. The summed E-state index contributed by atoms with van der Waals surface area (Å²) in [7, 11) is 1.49. The fourth-order valence-electron chi connectivity index (χ4n) is 1.96. The van der Waals surface area contributed by atoms with Crippen molar-refractivity contribution >= 4 is 23.9 Å². The van der Waals surface area contributed by atoms with Crippen molar-refractivity contribution in [2.75, 3.05) is 38.2 Å². The van der Waals surface area contributed by atoms with Gasteiger partial charge in [0.05, 0.1) is 19.9 Å². The molecular formula is C14H19N3O3S. The van der Waals surface area contributed by atoms with Crippen LogP contribution in [0, 0.1) is 0 Å². The van der Waals surface area contributed by atoms with Gasteiger partial charge < -0.3 is 9.84 Å². The molecule has 0 atom stereocenters. The fourth-order valence-corrected chi connectivity index (χ4v) is 2.94. The van der Waals surface area contributed by atoms with Crippen LogP contribution in [0.5, 0.6) is 11.5 Å². The lowest BCUT2D eigenvalue weighted by atomic mass is 10.2. The first-order valence-corrected chi connectivity index (χ1v) is 7.83. The van der Waals surface area contributed by atoms with Crippen LogP contribution in [0.25, 0.3) is 0 Å². The molecule has 1 fully saturated rings. The van der Waals surface area contributed by atoms with Gasteiger partial charge in [-0.3, -0.25) is 9.69 Å². The minimum Gasteiger partial charge on any atom is -0.504 e. The Morgan fingerprint density at radius 3 is 2.95 bits per heavy atom. The van der Waals surface area contributed by atoms with Crippen molar-refractivity contribution in [2.45, 2.75) is 0 Å². The van der Waals surface area contributed by atoms with Crippen molar-refractivity contribution in [1.29, 1.82) is 0 Å². The zero-order chi connectivity index (χ0) is 15.1. The second-order valence-electron chi connectivity index (χ2n) is 4.61. The lowest BCUT2D eigenvalue weighted by Crippen LogP contribution is -2.40. The molecule has 1 saturated heterocycles. The molecule has 1 heterocycles. The van der Waals surface area contributed by atoms with E-state index in [2.05, 4.69) is 15.4 Å². The summed E-state index contributed by atoms with van der Waals surface area (Å²) in [6.45, 7) is 2.24. The fraction of sp³-hybridized carbons (Fsp3) is 0.429. The Morgan fingerprint density at radius 2 is 2.29 bits per heavy atom. The molecule has 1 aliphatic rings. The molecule has 1 amide bonds. The van der Waals surface area contributed by atoms with Crippen molar-refractivity contribution < 1.29 is 14.6 Å². The number of aromatic hydroxyl groups is 1. The van der Waals surface area contributed by atoms with Crippen LogP contribution in [0.15, 0.2) is 23.3 Å². The number of hydrazone groups is 1. The SMILES string of the molecule is COc1ccc(C=NNC(=O)CN2CCSCC2)cc1O. The molecule has 0 saturated carbocycles. The molecule has 114 valence electrons. The number of nitrogens with one attached hydrogen (secondary N) is 1. The molecule has 0 unspecified atom stereocenters. The number of phenols is 1. The minimum absolute atomic E-state index is 0.0404. The zero-order valence-electron chi connectivity index (χ0n) is 11.9. The molecule has 7 heteroatoms. The predicted molar refractivity (Wildman–Crippen MR) is 84.2 cm³/mol. The number of thioether (sulfide) groups is 1. The largest absolute Gasteiger partial charge is 0.504 e. The lowest BCUT2D eigenvalue weighted by Gasteiger charge is -2.24. The van der Waals surface area contributed by atoms with Crippen LogP contribution in [0.4, 0.5) is 0 Å². The van der Waals surface area contributed by atoms with Crippen LogP contribution in [0.3, 0.4) is 0 Å². The Hall–Kier alpha value is -1.73. The van der Waals surface area contributed by atoms with Gasteiger partial charge in [-0.15, -0.1) is 0 Å². The molecule has 1 aromatic rings. The molecule has 0 radical (unpaired) electrons. The number of nitrogens with zero attached hydrogens (tertiary/aromatic N) is 2. The van der Waals surface area contributed by atoms with Crippen molar-refractivity contribution in [2.24, 2.45) is 5.10 Å². The van der Waals surface area contributed by atoms with E-state index < -0.39 is 0 Å². The number of hydrogen-bond acceptors (Lipinski definition) is 6. The number of rotatable bonds is 5. The Kier molecular flexibility index (Phi) is 5.89. The first-order chi connectivity index (χ1) is 10.2. The third-order valence-corrected chi connectivity index (χ3v) is 4.02. The zero-order valence-corrected chi connectivity index (χ0v) is 12.7. The van der Waals surface area contributed by atoms with E-state index >= 15 is 0 Å². The summed E-state index contributed by atoms with van der Waals surface area (Å²) in [6, 6.07) is 4.91. The number of ether oxygens (including phenoxy) is 1. The van der Waals surface area contributed by atoms with Crippen LogP contribution in [0.1, 0.15) is 5.56 Å². The summed E-state index contributed by atoms with van der Waals surface area (Å²) >= 11 is 1.91. The number of hydrogen-bond donors (Lipinski definition) is 2. The van der Waals surface area contributed by atoms with Crippen LogP contribution in [-0.4, -0.2) is 60.4 Å². The third kappa shape index (κ3) is 4.95. The van der Waals surface area contributed by atoms with E-state index in [1.807, 2.05) is 11.8 Å². The summed E-state index contributed by atoms with van der Waals surface area (Å²) in [5.41, 5.74) is 3.18. The van der Waals surface area contributed by atoms with Crippen molar-refractivity contribution in [3.8, 4) is 11.5 Å². The standard InChI is InChI=1S/C14H19N3O3S/c1-20-13-3-2-11(8-12(13)18)9-15-16-14(19)10-17-4-6-21-7-5-17/h2-3,8-9,18H,4-7,10H2,1H3,(H,16,19). The van der Waals surface area contributed by atoms with Crippen molar-refractivity contribution in [3.05, 3.63) is 23.8 Å². The van der Waals surface area contributed by atoms with E-state index in [0.717, 1.165) is 24.6 Å². The summed E-state index contributed by atoms with van der Waals surface area (Å²) in [5.74, 6) is 2.46. The Morgan fingerprint density at radius 1 is 1.52 bits per heavy atom. The van der Waals surface area contributed by atoms with Crippen molar-refractivity contribution in [1.82, 2.24) is 10.3 Å². The second kappa shape index (κ2) is 7.90. The molecule has 1 aromatic carbocycles. The van der Waals surface area contributed by atoms with Gasteiger partial charge in [0.2, 0.25) is 0 Å². The average Bonchev–Trinajstić information content (AvgIpc) is 2.48. The smallest absolute Gasteiger partial charge is 0.254 e. The van der Waals surface area contributed by atoms with E-state index in [1.54, 1.807) is 12.1 Å². The van der Waals surface area contributed by atoms with Crippen LogP contribution in [-0.2, 0) is 4.79 Å². The highest BCUT2D eigenvalue weighted by Crippen LogP contribution is 2.25. The highest BCUT2D eigenvalue weighted by Gasteiger charge is 2.13. The average molecular weight is 309 g/mol. The van der Waals surface area contributed by atoms with Gasteiger partial charge in [0.15, 0.2) is 11.5 Å². The molecule has 0 aromatic heterocycles. The Balaban J connectivity index is 1.81. The number of methoxy groups -OCH3 is 1. The topological polar surface area (TPSA) is 74.2 Å². The van der Waals surface area contributed by atoms with Crippen LogP contribution < -0.4 is 10.2 Å². The lowest BCUT2D eigenvalue weighted by molar-refractivity contribution is -0.122. The van der Waals surface area contributed by atoms with E-state index in [4.69, 9.17) is 4.74 Å².